The van der Waals surface area contributed by atoms with Gasteiger partial charge in [0.05, 0.1) is 0 Å². The highest BCUT2D eigenvalue weighted by atomic mass is 19.4. The zero-order valence-corrected chi connectivity index (χ0v) is 11.9. The Hall–Kier alpha value is -1.07. The maximum Gasteiger partial charge on any atom is 0.408 e. The highest BCUT2D eigenvalue weighted by molar-refractivity contribution is 5.21. The molecular weight excluding hydrogens is 277 g/mol. The molecule has 0 aromatic heterocycles. The number of rotatable bonds is 3. The van der Waals surface area contributed by atoms with Crippen LogP contribution in [0.4, 0.5) is 13.2 Å². The van der Waals surface area contributed by atoms with Crippen LogP contribution in [0.3, 0.4) is 0 Å². The predicted molar refractivity (Wildman–Crippen MR) is 76.0 cm³/mol. The maximum atomic E-state index is 13.7. The van der Waals surface area contributed by atoms with Gasteiger partial charge < -0.3 is 5.32 Å². The van der Waals surface area contributed by atoms with Crippen molar-refractivity contribution < 1.29 is 13.2 Å². The van der Waals surface area contributed by atoms with E-state index in [-0.39, 0.29) is 12.1 Å². The summed E-state index contributed by atoms with van der Waals surface area (Å²) in [5.41, 5.74) is 0.356. The number of nitrogens with one attached hydrogen (secondary N) is 1. The molecule has 3 unspecified atom stereocenters. The van der Waals surface area contributed by atoms with Gasteiger partial charge in [0.15, 0.2) is 0 Å². The van der Waals surface area contributed by atoms with E-state index >= 15 is 0 Å². The van der Waals surface area contributed by atoms with Crippen molar-refractivity contribution in [3.05, 3.63) is 35.9 Å². The normalized spacial score (nSPS) is 28.9. The topological polar surface area (TPSA) is 15.3 Å². The average Bonchev–Trinajstić information content (AvgIpc) is 3.08. The molecule has 0 bridgehead atoms. The molecule has 0 aliphatic carbocycles. The van der Waals surface area contributed by atoms with Crippen LogP contribution in [0.15, 0.2) is 30.3 Å². The van der Waals surface area contributed by atoms with Crippen LogP contribution in [0.1, 0.15) is 37.3 Å². The second kappa shape index (κ2) is 5.97. The lowest BCUT2D eigenvalue weighted by Gasteiger charge is -2.37. The van der Waals surface area contributed by atoms with Gasteiger partial charge in [0, 0.05) is 12.1 Å². The largest absolute Gasteiger partial charge is 0.408 e. The summed E-state index contributed by atoms with van der Waals surface area (Å²) in [6, 6.07) is 7.05. The van der Waals surface area contributed by atoms with Gasteiger partial charge in [-0.2, -0.15) is 13.2 Å². The molecule has 2 heterocycles. The van der Waals surface area contributed by atoms with Gasteiger partial charge in [0.2, 0.25) is 0 Å². The minimum atomic E-state index is -4.23. The Bertz CT molecular complexity index is 454. The molecule has 0 radical (unpaired) electrons. The Morgan fingerprint density at radius 1 is 1.10 bits per heavy atom. The minimum Gasteiger partial charge on any atom is -0.312 e. The van der Waals surface area contributed by atoms with Crippen LogP contribution in [0.5, 0.6) is 0 Å². The molecule has 2 saturated heterocycles. The Morgan fingerprint density at radius 2 is 1.86 bits per heavy atom. The zero-order valence-electron chi connectivity index (χ0n) is 11.9. The molecule has 1 N–H and O–H groups in total. The number of halogens is 3. The fourth-order valence-electron chi connectivity index (χ4n) is 3.81. The van der Waals surface area contributed by atoms with Gasteiger partial charge in [-0.05, 0) is 44.3 Å². The monoisotopic (exact) mass is 298 g/mol. The standard InChI is InChI=1S/C16H21F3N2/c17-16(18,19)15(12-6-2-1-3-7-12)21-11-5-9-14(21)13-8-4-10-20-13/h1-3,6-7,13-15,20H,4-5,8-11H2. The van der Waals surface area contributed by atoms with Crippen LogP contribution >= 0.6 is 0 Å². The van der Waals surface area contributed by atoms with Gasteiger partial charge in [0.1, 0.15) is 6.04 Å². The summed E-state index contributed by atoms with van der Waals surface area (Å²) < 4.78 is 41.0. The molecule has 21 heavy (non-hydrogen) atoms. The fraction of sp³-hybridized carbons (Fsp3) is 0.625. The van der Waals surface area contributed by atoms with Crippen LogP contribution in [0.25, 0.3) is 0 Å². The van der Waals surface area contributed by atoms with Gasteiger partial charge >= 0.3 is 6.18 Å². The lowest BCUT2D eigenvalue weighted by atomic mass is 9.99. The zero-order chi connectivity index (χ0) is 14.9. The molecule has 2 aliphatic heterocycles. The van der Waals surface area contributed by atoms with Crippen molar-refractivity contribution >= 4 is 0 Å². The van der Waals surface area contributed by atoms with Crippen molar-refractivity contribution in [1.82, 2.24) is 10.2 Å². The maximum absolute atomic E-state index is 13.7. The average molecular weight is 298 g/mol. The molecular formula is C16H21F3N2. The molecule has 3 rings (SSSR count). The van der Waals surface area contributed by atoms with E-state index in [1.54, 1.807) is 35.2 Å². The summed E-state index contributed by atoms with van der Waals surface area (Å²) in [6.07, 6.45) is -0.473. The van der Waals surface area contributed by atoms with Crippen molar-refractivity contribution in [3.63, 3.8) is 0 Å². The second-order valence-corrected chi connectivity index (χ2v) is 6.01. The quantitative estimate of drug-likeness (QED) is 0.918. The van der Waals surface area contributed by atoms with Crippen molar-refractivity contribution in [1.29, 1.82) is 0 Å². The fourth-order valence-corrected chi connectivity index (χ4v) is 3.81. The lowest BCUT2D eigenvalue weighted by molar-refractivity contribution is -0.189. The minimum absolute atomic E-state index is 0.000619. The third-order valence-electron chi connectivity index (χ3n) is 4.66. The van der Waals surface area contributed by atoms with Gasteiger partial charge in [-0.3, -0.25) is 4.90 Å². The SMILES string of the molecule is FC(F)(F)C(c1ccccc1)N1CCCC1C1CCCN1. The molecule has 0 saturated carbocycles. The van der Waals surface area contributed by atoms with E-state index in [1.165, 1.54) is 0 Å². The van der Waals surface area contributed by atoms with E-state index in [2.05, 4.69) is 5.32 Å². The summed E-state index contributed by atoms with van der Waals surface area (Å²) in [5.74, 6) is 0. The van der Waals surface area contributed by atoms with E-state index in [0.717, 1.165) is 32.2 Å². The number of benzene rings is 1. The highest BCUT2D eigenvalue weighted by Crippen LogP contribution is 2.42. The van der Waals surface area contributed by atoms with Crippen molar-refractivity contribution in [2.24, 2.45) is 0 Å². The van der Waals surface area contributed by atoms with Gasteiger partial charge in [0.25, 0.3) is 0 Å². The first kappa shape index (κ1) is 14.9. The summed E-state index contributed by atoms with van der Waals surface area (Å²) in [7, 11) is 0. The Morgan fingerprint density at radius 3 is 2.48 bits per heavy atom. The van der Waals surface area contributed by atoms with Crippen molar-refractivity contribution in [2.75, 3.05) is 13.1 Å². The van der Waals surface area contributed by atoms with Crippen molar-refractivity contribution in [3.8, 4) is 0 Å². The molecule has 116 valence electrons. The van der Waals surface area contributed by atoms with Gasteiger partial charge in [-0.15, -0.1) is 0 Å². The van der Waals surface area contributed by atoms with E-state index in [0.29, 0.717) is 12.1 Å². The third-order valence-corrected chi connectivity index (χ3v) is 4.66. The van der Waals surface area contributed by atoms with E-state index in [4.69, 9.17) is 0 Å². The van der Waals surface area contributed by atoms with Crippen LogP contribution in [-0.2, 0) is 0 Å². The molecule has 1 aromatic carbocycles. The van der Waals surface area contributed by atoms with E-state index < -0.39 is 12.2 Å². The van der Waals surface area contributed by atoms with Crippen LogP contribution < -0.4 is 5.32 Å². The van der Waals surface area contributed by atoms with E-state index in [1.807, 2.05) is 0 Å². The summed E-state index contributed by atoms with van der Waals surface area (Å²) in [5, 5.41) is 3.38. The van der Waals surface area contributed by atoms with Crippen LogP contribution in [-0.4, -0.2) is 36.2 Å². The first-order valence-electron chi connectivity index (χ1n) is 7.68. The van der Waals surface area contributed by atoms with Gasteiger partial charge in [-0.1, -0.05) is 30.3 Å². The Balaban J connectivity index is 1.88. The molecule has 0 spiro atoms. The number of alkyl halides is 3. The molecule has 2 nitrogen and oxygen atoms in total. The van der Waals surface area contributed by atoms with Crippen LogP contribution in [0, 0.1) is 0 Å². The number of hydrogen-bond acceptors (Lipinski definition) is 2. The predicted octanol–water partition coefficient (Wildman–Crippen LogP) is 3.51. The second-order valence-electron chi connectivity index (χ2n) is 6.01. The highest BCUT2D eigenvalue weighted by Gasteiger charge is 2.49. The Labute approximate surface area is 123 Å². The number of hydrogen-bond donors (Lipinski definition) is 1. The summed E-state index contributed by atoms with van der Waals surface area (Å²) in [4.78, 5) is 1.68. The first-order chi connectivity index (χ1) is 10.1. The molecule has 0 amide bonds. The van der Waals surface area contributed by atoms with Crippen LogP contribution in [0.2, 0.25) is 0 Å². The smallest absolute Gasteiger partial charge is 0.312 e. The van der Waals surface area contributed by atoms with E-state index in [9.17, 15) is 13.2 Å². The summed E-state index contributed by atoms with van der Waals surface area (Å²) in [6.45, 7) is 1.46. The summed E-state index contributed by atoms with van der Waals surface area (Å²) >= 11 is 0. The first-order valence-corrected chi connectivity index (χ1v) is 7.68. The van der Waals surface area contributed by atoms with Gasteiger partial charge in [-0.25, -0.2) is 0 Å². The lowest BCUT2D eigenvalue weighted by Crippen LogP contribution is -2.49. The molecule has 2 fully saturated rings. The Kier molecular flexibility index (Phi) is 4.22. The number of nitrogens with zero attached hydrogens (tertiary/aromatic N) is 1. The van der Waals surface area contributed by atoms with Crippen molar-refractivity contribution in [2.45, 2.75) is 50.0 Å². The molecule has 2 aliphatic rings. The number of likely N-dealkylation sites (tertiary alicyclic amines) is 1. The molecule has 1 aromatic rings. The third kappa shape index (κ3) is 3.09. The molecule has 5 heteroatoms. The molecule has 3 atom stereocenters.